The van der Waals surface area contributed by atoms with E-state index in [1.165, 1.54) is 25.9 Å². The summed E-state index contributed by atoms with van der Waals surface area (Å²) in [5, 5.41) is 5.98. The van der Waals surface area contributed by atoms with Crippen molar-refractivity contribution in [2.45, 2.75) is 31.8 Å². The highest BCUT2D eigenvalue weighted by Gasteiger charge is 2.25. The molecule has 1 unspecified atom stereocenters. The van der Waals surface area contributed by atoms with Gasteiger partial charge in [-0.1, -0.05) is 29.8 Å². The van der Waals surface area contributed by atoms with E-state index in [9.17, 15) is 0 Å². The molecule has 0 radical (unpaired) electrons. The quantitative estimate of drug-likeness (QED) is 0.657. The Balaban J connectivity index is 0.00000225. The lowest BCUT2D eigenvalue weighted by atomic mass is 10.1. The van der Waals surface area contributed by atoms with Crippen LogP contribution in [-0.2, 0) is 0 Å². The number of aliphatic imine (C=N–C) groups is 1. The van der Waals surface area contributed by atoms with E-state index in [-0.39, 0.29) is 18.6 Å². The first-order chi connectivity index (χ1) is 13.2. The number of nitrogens with two attached hydrogens (primary N) is 1. The van der Waals surface area contributed by atoms with Crippen LogP contribution in [0, 0.1) is 0 Å². The third-order valence-corrected chi connectivity index (χ3v) is 5.52. The molecule has 4 rings (SSSR count). The first kappa shape index (κ1) is 20.9. The average molecular weight is 420 g/mol. The SMILES string of the molecule is Cl.NN1C(CCCN2CCCC2)=NC(Nc2ccc(Cl)cc2)c2ccccc21. The Hall–Kier alpha value is -1.79. The molecule has 2 aromatic carbocycles. The smallest absolute Gasteiger partial charge is 0.148 e. The molecule has 1 saturated heterocycles. The Morgan fingerprint density at radius 2 is 1.79 bits per heavy atom. The van der Waals surface area contributed by atoms with Gasteiger partial charge in [0.05, 0.1) is 5.69 Å². The zero-order valence-electron chi connectivity index (χ0n) is 15.9. The first-order valence-corrected chi connectivity index (χ1v) is 10.0. The Morgan fingerprint density at radius 1 is 1.07 bits per heavy atom. The molecule has 0 aliphatic carbocycles. The van der Waals surface area contributed by atoms with Gasteiger partial charge in [-0.2, -0.15) is 0 Å². The van der Waals surface area contributed by atoms with Crippen LogP contribution in [0.15, 0.2) is 53.5 Å². The lowest BCUT2D eigenvalue weighted by Crippen LogP contribution is -2.42. The second-order valence-electron chi connectivity index (χ2n) is 7.18. The molecule has 0 bridgehead atoms. The lowest BCUT2D eigenvalue weighted by molar-refractivity contribution is 0.336. The van der Waals surface area contributed by atoms with Crippen molar-refractivity contribution >= 4 is 41.2 Å². The number of likely N-dealkylation sites (tertiary alicyclic amines) is 1. The van der Waals surface area contributed by atoms with Crippen molar-refractivity contribution in [3.63, 3.8) is 0 Å². The van der Waals surface area contributed by atoms with Gasteiger partial charge in [0, 0.05) is 22.7 Å². The standard InChI is InChI=1S/C21H26ClN5.ClH/c22-16-9-11-17(12-10-16)24-21-18-6-1-2-7-19(18)27(23)20(25-21)8-5-15-26-13-3-4-14-26;/h1-2,6-7,9-12,21,24H,3-5,8,13-15,23H2;1H. The first-order valence-electron chi connectivity index (χ1n) is 9.65. The van der Waals surface area contributed by atoms with Gasteiger partial charge in [0.2, 0.25) is 0 Å². The molecule has 0 amide bonds. The number of benzene rings is 2. The molecule has 150 valence electrons. The molecule has 5 nitrogen and oxygen atoms in total. The molecular weight excluding hydrogens is 393 g/mol. The number of halogens is 2. The predicted molar refractivity (Wildman–Crippen MR) is 121 cm³/mol. The summed E-state index contributed by atoms with van der Waals surface area (Å²) < 4.78 is 0. The molecule has 0 aromatic heterocycles. The Kier molecular flexibility index (Phi) is 7.18. The van der Waals surface area contributed by atoms with E-state index in [1.54, 1.807) is 5.01 Å². The van der Waals surface area contributed by atoms with Crippen molar-refractivity contribution in [1.82, 2.24) is 4.90 Å². The summed E-state index contributed by atoms with van der Waals surface area (Å²) in [6, 6.07) is 15.9. The summed E-state index contributed by atoms with van der Waals surface area (Å²) >= 11 is 6.01. The van der Waals surface area contributed by atoms with Gasteiger partial charge in [-0.05, 0) is 69.2 Å². The number of rotatable bonds is 6. The average Bonchev–Trinajstić information content (AvgIpc) is 3.20. The van der Waals surface area contributed by atoms with E-state index in [2.05, 4.69) is 22.3 Å². The molecule has 0 spiro atoms. The van der Waals surface area contributed by atoms with E-state index in [4.69, 9.17) is 22.4 Å². The summed E-state index contributed by atoms with van der Waals surface area (Å²) in [6.07, 6.45) is 4.45. The maximum atomic E-state index is 6.40. The molecule has 2 aliphatic rings. The molecule has 28 heavy (non-hydrogen) atoms. The Morgan fingerprint density at radius 3 is 2.54 bits per heavy atom. The molecule has 3 N–H and O–H groups in total. The number of nitrogens with one attached hydrogen (secondary N) is 1. The van der Waals surface area contributed by atoms with E-state index in [0.717, 1.165) is 47.2 Å². The molecule has 7 heteroatoms. The molecular formula is C21H27Cl2N5. The van der Waals surface area contributed by atoms with Crippen molar-refractivity contribution in [1.29, 1.82) is 0 Å². The third kappa shape index (κ3) is 4.78. The number of anilines is 2. The topological polar surface area (TPSA) is 56.9 Å². The molecule has 2 aliphatic heterocycles. The third-order valence-electron chi connectivity index (χ3n) is 5.27. The van der Waals surface area contributed by atoms with E-state index < -0.39 is 0 Å². The second-order valence-corrected chi connectivity index (χ2v) is 7.62. The van der Waals surface area contributed by atoms with Gasteiger partial charge in [-0.15, -0.1) is 12.4 Å². The van der Waals surface area contributed by atoms with Gasteiger partial charge in [-0.3, -0.25) is 5.01 Å². The van der Waals surface area contributed by atoms with Gasteiger partial charge < -0.3 is 10.2 Å². The van der Waals surface area contributed by atoms with Crippen molar-refractivity contribution in [3.8, 4) is 0 Å². The van der Waals surface area contributed by atoms with Crippen molar-refractivity contribution in [3.05, 3.63) is 59.1 Å². The van der Waals surface area contributed by atoms with Crippen LogP contribution in [0.25, 0.3) is 0 Å². The Labute approximate surface area is 177 Å². The fourth-order valence-corrected chi connectivity index (χ4v) is 3.95. The maximum absolute atomic E-state index is 6.40. The number of amidine groups is 1. The highest BCUT2D eigenvalue weighted by Crippen LogP contribution is 2.33. The van der Waals surface area contributed by atoms with Crippen LogP contribution in [0.1, 0.15) is 37.4 Å². The number of fused-ring (bicyclic) bond motifs is 1. The predicted octanol–water partition coefficient (Wildman–Crippen LogP) is 4.84. The van der Waals surface area contributed by atoms with Crippen molar-refractivity contribution in [2.75, 3.05) is 30.0 Å². The maximum Gasteiger partial charge on any atom is 0.148 e. The van der Waals surface area contributed by atoms with Crippen LogP contribution < -0.4 is 16.2 Å². The normalized spacial score (nSPS) is 19.0. The van der Waals surface area contributed by atoms with E-state index in [1.807, 2.05) is 36.4 Å². The minimum Gasteiger partial charge on any atom is -0.360 e. The van der Waals surface area contributed by atoms with E-state index >= 15 is 0 Å². The molecule has 2 aromatic rings. The summed E-state index contributed by atoms with van der Waals surface area (Å²) in [4.78, 5) is 7.47. The molecule has 1 fully saturated rings. The second kappa shape index (κ2) is 9.61. The number of para-hydroxylation sites is 1. The summed E-state index contributed by atoms with van der Waals surface area (Å²) in [7, 11) is 0. The largest absolute Gasteiger partial charge is 0.360 e. The van der Waals surface area contributed by atoms with Gasteiger partial charge in [0.25, 0.3) is 0 Å². The fraction of sp³-hybridized carbons (Fsp3) is 0.381. The monoisotopic (exact) mass is 419 g/mol. The van der Waals surface area contributed by atoms with Crippen LogP contribution in [0.2, 0.25) is 5.02 Å². The Bertz CT molecular complexity index is 803. The highest BCUT2D eigenvalue weighted by atomic mass is 35.5. The van der Waals surface area contributed by atoms with Crippen LogP contribution in [0.4, 0.5) is 11.4 Å². The number of hydrazine groups is 1. The minimum atomic E-state index is -0.149. The zero-order chi connectivity index (χ0) is 18.6. The molecule has 1 atom stereocenters. The summed E-state index contributed by atoms with van der Waals surface area (Å²) in [5.74, 6) is 7.33. The van der Waals surface area contributed by atoms with Crippen molar-refractivity contribution < 1.29 is 0 Å². The van der Waals surface area contributed by atoms with Crippen LogP contribution >= 0.6 is 24.0 Å². The molecule has 0 saturated carbocycles. The highest BCUT2D eigenvalue weighted by molar-refractivity contribution is 6.30. The van der Waals surface area contributed by atoms with Crippen LogP contribution in [0.3, 0.4) is 0 Å². The minimum absolute atomic E-state index is 0. The van der Waals surface area contributed by atoms with Gasteiger partial charge >= 0.3 is 0 Å². The summed E-state index contributed by atoms with van der Waals surface area (Å²) in [6.45, 7) is 3.56. The number of hydrogen-bond donors (Lipinski definition) is 2. The lowest BCUT2D eigenvalue weighted by Gasteiger charge is -2.32. The molecule has 2 heterocycles. The van der Waals surface area contributed by atoms with Gasteiger partial charge in [0.15, 0.2) is 0 Å². The number of hydrogen-bond acceptors (Lipinski definition) is 5. The van der Waals surface area contributed by atoms with Gasteiger partial charge in [-0.25, -0.2) is 10.8 Å². The van der Waals surface area contributed by atoms with Crippen molar-refractivity contribution in [2.24, 2.45) is 10.8 Å². The van der Waals surface area contributed by atoms with E-state index in [0.29, 0.717) is 0 Å². The van der Waals surface area contributed by atoms with Gasteiger partial charge in [0.1, 0.15) is 12.0 Å². The number of nitrogens with zero attached hydrogens (tertiary/aromatic N) is 3. The fourth-order valence-electron chi connectivity index (χ4n) is 3.82. The van der Waals surface area contributed by atoms with Crippen LogP contribution in [-0.4, -0.2) is 30.4 Å². The zero-order valence-corrected chi connectivity index (χ0v) is 17.4. The summed E-state index contributed by atoms with van der Waals surface area (Å²) in [5.41, 5.74) is 3.08. The van der Waals surface area contributed by atoms with Crippen LogP contribution in [0.5, 0.6) is 0 Å².